The smallest absolute Gasteiger partial charge is 0.237 e. The van der Waals surface area contributed by atoms with E-state index in [1.807, 2.05) is 30.3 Å². The Bertz CT molecular complexity index is 902. The number of nitrogens with zero attached hydrogens (tertiary/aromatic N) is 3. The van der Waals surface area contributed by atoms with Crippen molar-refractivity contribution in [2.24, 2.45) is 0 Å². The molecule has 2 heterocycles. The predicted octanol–water partition coefficient (Wildman–Crippen LogP) is 3.15. The van der Waals surface area contributed by atoms with Gasteiger partial charge in [-0.2, -0.15) is 5.10 Å². The number of amides is 1. The number of hydrogen-bond donors (Lipinski definition) is 0. The number of halogens is 1. The molecule has 6 nitrogen and oxygen atoms in total. The fourth-order valence-electron chi connectivity index (χ4n) is 3.31. The summed E-state index contributed by atoms with van der Waals surface area (Å²) in [5.74, 6) is -1.09. The van der Waals surface area contributed by atoms with Gasteiger partial charge in [0.2, 0.25) is 5.91 Å². The fraction of sp³-hybridized carbons (Fsp3) is 0.474. The highest BCUT2D eigenvalue weighted by Crippen LogP contribution is 2.25. The standard InChI is InChI=1S/C19H24ClN3O3S/c1-15-17(19(20)23(21-15)16-9-5-4-6-10-16)13-27(25,26)14-18(24)22-11-7-2-3-8-12-22/h4-6,9-10H,2-3,7-8,11-14H2,1H3. The lowest BCUT2D eigenvalue weighted by molar-refractivity contribution is -0.128. The van der Waals surface area contributed by atoms with Crippen LogP contribution in [0.25, 0.3) is 5.69 Å². The molecule has 0 aliphatic carbocycles. The van der Waals surface area contributed by atoms with Crippen molar-refractivity contribution in [2.75, 3.05) is 18.8 Å². The van der Waals surface area contributed by atoms with Crippen LogP contribution < -0.4 is 0 Å². The van der Waals surface area contributed by atoms with E-state index in [-0.39, 0.29) is 16.8 Å². The summed E-state index contributed by atoms with van der Waals surface area (Å²) in [5, 5.41) is 4.64. The highest BCUT2D eigenvalue weighted by molar-refractivity contribution is 7.91. The van der Waals surface area contributed by atoms with Gasteiger partial charge in [0.05, 0.1) is 17.1 Å². The van der Waals surface area contributed by atoms with Crippen LogP contribution in [0.5, 0.6) is 0 Å². The summed E-state index contributed by atoms with van der Waals surface area (Å²) in [6.07, 6.45) is 4.04. The van der Waals surface area contributed by atoms with Gasteiger partial charge in [-0.05, 0) is 31.9 Å². The molecule has 1 aliphatic heterocycles. The summed E-state index contributed by atoms with van der Waals surface area (Å²) in [7, 11) is -3.64. The van der Waals surface area contributed by atoms with E-state index >= 15 is 0 Å². The molecule has 0 bridgehead atoms. The first-order valence-electron chi connectivity index (χ1n) is 9.15. The average Bonchev–Trinajstić information content (AvgIpc) is 2.85. The molecule has 0 spiro atoms. The van der Waals surface area contributed by atoms with Gasteiger partial charge in [0.15, 0.2) is 9.84 Å². The van der Waals surface area contributed by atoms with E-state index in [1.54, 1.807) is 11.8 Å². The second kappa shape index (κ2) is 8.44. The molecular formula is C19H24ClN3O3S. The van der Waals surface area contributed by atoms with Crippen LogP contribution in [0.4, 0.5) is 0 Å². The van der Waals surface area contributed by atoms with Crippen LogP contribution in [-0.4, -0.2) is 47.8 Å². The van der Waals surface area contributed by atoms with Crippen LogP contribution in [0.15, 0.2) is 30.3 Å². The van der Waals surface area contributed by atoms with Gasteiger partial charge in [-0.3, -0.25) is 4.79 Å². The van der Waals surface area contributed by atoms with Gasteiger partial charge in [-0.15, -0.1) is 0 Å². The first-order chi connectivity index (χ1) is 12.9. The molecule has 27 heavy (non-hydrogen) atoms. The van der Waals surface area contributed by atoms with Crippen molar-refractivity contribution in [2.45, 2.75) is 38.4 Å². The molecule has 1 aromatic heterocycles. The zero-order valence-electron chi connectivity index (χ0n) is 15.4. The molecule has 0 N–H and O–H groups in total. The van der Waals surface area contributed by atoms with Gasteiger partial charge in [-0.25, -0.2) is 13.1 Å². The number of rotatable bonds is 5. The fourth-order valence-corrected chi connectivity index (χ4v) is 5.17. The Kier molecular flexibility index (Phi) is 6.22. The van der Waals surface area contributed by atoms with Gasteiger partial charge in [-0.1, -0.05) is 42.6 Å². The highest BCUT2D eigenvalue weighted by Gasteiger charge is 2.26. The van der Waals surface area contributed by atoms with Gasteiger partial charge in [0, 0.05) is 18.7 Å². The Hall–Kier alpha value is -1.86. The topological polar surface area (TPSA) is 72.3 Å². The summed E-state index contributed by atoms with van der Waals surface area (Å²) >= 11 is 6.42. The molecule has 1 aliphatic rings. The van der Waals surface area contributed by atoms with Crippen LogP contribution >= 0.6 is 11.6 Å². The van der Waals surface area contributed by atoms with Crippen molar-refractivity contribution in [1.82, 2.24) is 14.7 Å². The number of carbonyl (C=O) groups excluding carboxylic acids is 1. The maximum atomic E-state index is 12.6. The van der Waals surface area contributed by atoms with Gasteiger partial charge in [0.25, 0.3) is 0 Å². The number of sulfone groups is 1. The quantitative estimate of drug-likeness (QED) is 0.760. The Morgan fingerprint density at radius 2 is 1.74 bits per heavy atom. The first kappa shape index (κ1) is 19.9. The summed E-state index contributed by atoms with van der Waals surface area (Å²) in [6.45, 7) is 3.01. The zero-order chi connectivity index (χ0) is 19.4. The van der Waals surface area contributed by atoms with E-state index in [0.29, 0.717) is 24.3 Å². The molecule has 146 valence electrons. The predicted molar refractivity (Wildman–Crippen MR) is 106 cm³/mol. The van der Waals surface area contributed by atoms with Crippen LogP contribution in [0, 0.1) is 6.92 Å². The number of benzene rings is 1. The van der Waals surface area contributed by atoms with E-state index in [1.165, 1.54) is 4.68 Å². The van der Waals surface area contributed by atoms with E-state index < -0.39 is 15.6 Å². The number of aryl methyl sites for hydroxylation is 1. The van der Waals surface area contributed by atoms with Gasteiger partial charge in [0.1, 0.15) is 10.9 Å². The second-order valence-electron chi connectivity index (χ2n) is 6.93. The van der Waals surface area contributed by atoms with Crippen molar-refractivity contribution < 1.29 is 13.2 Å². The monoisotopic (exact) mass is 409 g/mol. The van der Waals surface area contributed by atoms with Crippen molar-refractivity contribution in [3.05, 3.63) is 46.7 Å². The van der Waals surface area contributed by atoms with Crippen LogP contribution in [-0.2, 0) is 20.4 Å². The normalized spacial score (nSPS) is 15.6. The molecular weight excluding hydrogens is 386 g/mol. The minimum Gasteiger partial charge on any atom is -0.342 e. The molecule has 8 heteroatoms. The zero-order valence-corrected chi connectivity index (χ0v) is 17.0. The van der Waals surface area contributed by atoms with E-state index in [4.69, 9.17) is 11.6 Å². The van der Waals surface area contributed by atoms with E-state index in [0.717, 1.165) is 31.4 Å². The number of hydrogen-bond acceptors (Lipinski definition) is 4. The number of carbonyl (C=O) groups is 1. The second-order valence-corrected chi connectivity index (χ2v) is 9.35. The molecule has 2 aromatic rings. The number of likely N-dealkylation sites (tertiary alicyclic amines) is 1. The molecule has 1 saturated heterocycles. The Balaban J connectivity index is 1.76. The summed E-state index contributed by atoms with van der Waals surface area (Å²) in [5.41, 5.74) is 1.76. The van der Waals surface area contributed by atoms with Crippen molar-refractivity contribution in [3.8, 4) is 5.69 Å². The van der Waals surface area contributed by atoms with Gasteiger partial charge < -0.3 is 4.90 Å². The molecule has 1 aromatic carbocycles. The van der Waals surface area contributed by atoms with Gasteiger partial charge >= 0.3 is 0 Å². The lowest BCUT2D eigenvalue weighted by atomic mass is 10.2. The molecule has 0 unspecified atom stereocenters. The third-order valence-electron chi connectivity index (χ3n) is 4.79. The van der Waals surface area contributed by atoms with Crippen LogP contribution in [0.3, 0.4) is 0 Å². The van der Waals surface area contributed by atoms with E-state index in [2.05, 4.69) is 5.10 Å². The van der Waals surface area contributed by atoms with Crippen molar-refractivity contribution in [3.63, 3.8) is 0 Å². The SMILES string of the molecule is Cc1nn(-c2ccccc2)c(Cl)c1CS(=O)(=O)CC(=O)N1CCCCCC1. The Morgan fingerprint density at radius 1 is 1.11 bits per heavy atom. The molecule has 0 saturated carbocycles. The molecule has 1 amide bonds. The number of para-hydroxylation sites is 1. The van der Waals surface area contributed by atoms with E-state index in [9.17, 15) is 13.2 Å². The van der Waals surface area contributed by atoms with Crippen LogP contribution in [0.1, 0.15) is 36.9 Å². The maximum absolute atomic E-state index is 12.6. The third kappa shape index (κ3) is 4.90. The largest absolute Gasteiger partial charge is 0.342 e. The highest BCUT2D eigenvalue weighted by atomic mass is 35.5. The lowest BCUT2D eigenvalue weighted by Gasteiger charge is -2.20. The Labute approximate surface area is 165 Å². The number of aromatic nitrogens is 2. The maximum Gasteiger partial charge on any atom is 0.237 e. The lowest BCUT2D eigenvalue weighted by Crippen LogP contribution is -2.36. The molecule has 1 fully saturated rings. The molecule has 0 radical (unpaired) electrons. The summed E-state index contributed by atoms with van der Waals surface area (Å²) in [6, 6.07) is 9.30. The van der Waals surface area contributed by atoms with Crippen molar-refractivity contribution >= 4 is 27.3 Å². The molecule has 3 rings (SSSR count). The minimum atomic E-state index is -3.64. The van der Waals surface area contributed by atoms with Crippen LogP contribution in [0.2, 0.25) is 5.15 Å². The van der Waals surface area contributed by atoms with Crippen molar-refractivity contribution in [1.29, 1.82) is 0 Å². The molecule has 0 atom stereocenters. The summed E-state index contributed by atoms with van der Waals surface area (Å²) in [4.78, 5) is 14.1. The average molecular weight is 410 g/mol. The first-order valence-corrected chi connectivity index (χ1v) is 11.3. The Morgan fingerprint density at radius 3 is 2.37 bits per heavy atom. The summed E-state index contributed by atoms with van der Waals surface area (Å²) < 4.78 is 26.8. The minimum absolute atomic E-state index is 0.268. The third-order valence-corrected chi connectivity index (χ3v) is 6.59.